The van der Waals surface area contributed by atoms with Crippen LogP contribution in [0.1, 0.15) is 21.8 Å². The molecule has 0 spiro atoms. The molecule has 0 aliphatic heterocycles. The molecule has 1 rings (SSSR count). The molecule has 1 aromatic carbocycles. The van der Waals surface area contributed by atoms with Crippen molar-refractivity contribution >= 4 is 24.2 Å². The molecule has 0 heterocycles. The van der Waals surface area contributed by atoms with Crippen LogP contribution in [0.4, 0.5) is 5.69 Å². The van der Waals surface area contributed by atoms with Crippen molar-refractivity contribution < 1.29 is 24.4 Å². The maximum absolute atomic E-state index is 10.7. The van der Waals surface area contributed by atoms with E-state index >= 15 is 0 Å². The number of carboxylic acids is 1. The second-order valence-electron chi connectivity index (χ2n) is 3.13. The van der Waals surface area contributed by atoms with Gasteiger partial charge in [-0.1, -0.05) is 6.07 Å². The highest BCUT2D eigenvalue weighted by atomic mass is 16.6. The second-order valence-corrected chi connectivity index (χ2v) is 3.13. The van der Waals surface area contributed by atoms with Crippen molar-refractivity contribution in [1.29, 1.82) is 0 Å². The fraction of sp³-hybridized carbons (Fsp3) is 0.100. The third kappa shape index (κ3) is 2.51. The summed E-state index contributed by atoms with van der Waals surface area (Å²) < 4.78 is 0. The summed E-state index contributed by atoms with van der Waals surface area (Å²) in [7, 11) is 0. The molecule has 0 amide bonds. The Balaban J connectivity index is 3.40. The zero-order chi connectivity index (χ0) is 13.0. The Hall–Kier alpha value is -2.57. The fourth-order valence-electron chi connectivity index (χ4n) is 1.30. The third-order valence-electron chi connectivity index (χ3n) is 2.13. The summed E-state index contributed by atoms with van der Waals surface area (Å²) in [6.07, 6.45) is 0.519. The van der Waals surface area contributed by atoms with Gasteiger partial charge in [0.2, 0.25) is 0 Å². The van der Waals surface area contributed by atoms with E-state index in [2.05, 4.69) is 0 Å². The lowest BCUT2D eigenvalue weighted by atomic mass is 9.98. The number of carboxylic acid groups (broad SMARTS) is 1. The molecule has 0 fully saturated rings. The van der Waals surface area contributed by atoms with Crippen LogP contribution in [0.5, 0.6) is 0 Å². The molecule has 0 saturated carbocycles. The summed E-state index contributed by atoms with van der Waals surface area (Å²) in [5.74, 6) is -2.59. The zero-order valence-corrected chi connectivity index (χ0v) is 8.40. The minimum atomic E-state index is -1.33. The van der Waals surface area contributed by atoms with E-state index < -0.39 is 22.5 Å². The Labute approximate surface area is 94.8 Å². The first kappa shape index (κ1) is 12.5. The first-order valence-corrected chi connectivity index (χ1v) is 4.43. The van der Waals surface area contributed by atoms with Crippen LogP contribution in [0.15, 0.2) is 18.2 Å². The van der Waals surface area contributed by atoms with Crippen molar-refractivity contribution in [3.63, 3.8) is 0 Å². The van der Waals surface area contributed by atoms with E-state index in [1.165, 1.54) is 0 Å². The number of carbonyl (C=O) groups excluding carboxylic acids is 2. The van der Waals surface area contributed by atoms with Gasteiger partial charge in [0.1, 0.15) is 18.5 Å². The average molecular weight is 237 g/mol. The molecule has 0 radical (unpaired) electrons. The number of nitro groups is 1. The predicted octanol–water partition coefficient (Wildman–Crippen LogP) is 0.774. The molecule has 0 saturated heterocycles. The normalized spacial score (nSPS) is 9.94. The predicted molar refractivity (Wildman–Crippen MR) is 54.9 cm³/mol. The van der Waals surface area contributed by atoms with E-state index in [4.69, 9.17) is 5.11 Å². The highest BCUT2D eigenvalue weighted by molar-refractivity contribution is 5.91. The number of nitrogens with zero attached hydrogens (tertiary/aromatic N) is 1. The van der Waals surface area contributed by atoms with Gasteiger partial charge in [0.05, 0.1) is 10.5 Å². The Bertz CT molecular complexity index is 488. The largest absolute Gasteiger partial charge is 0.478 e. The molecule has 7 nitrogen and oxygen atoms in total. The van der Waals surface area contributed by atoms with Gasteiger partial charge in [-0.25, -0.2) is 4.79 Å². The lowest BCUT2D eigenvalue weighted by molar-refractivity contribution is -0.385. The Kier molecular flexibility index (Phi) is 3.66. The second kappa shape index (κ2) is 4.97. The van der Waals surface area contributed by atoms with E-state index in [9.17, 15) is 24.5 Å². The van der Waals surface area contributed by atoms with Gasteiger partial charge in [0.25, 0.3) is 5.69 Å². The molecular formula is C10H7NO6. The van der Waals surface area contributed by atoms with Crippen LogP contribution in [0, 0.1) is 10.1 Å². The number of nitro benzene ring substituents is 1. The Morgan fingerprint density at radius 2 is 1.94 bits per heavy atom. The summed E-state index contributed by atoms with van der Waals surface area (Å²) in [4.78, 5) is 41.6. The zero-order valence-electron chi connectivity index (χ0n) is 8.40. The van der Waals surface area contributed by atoms with Gasteiger partial charge in [-0.15, -0.1) is 0 Å². The number of aldehydes is 2. The minimum absolute atomic E-state index is 0.120. The van der Waals surface area contributed by atoms with Crippen molar-refractivity contribution in [2.75, 3.05) is 0 Å². The third-order valence-corrected chi connectivity index (χ3v) is 2.13. The molecule has 17 heavy (non-hydrogen) atoms. The Morgan fingerprint density at radius 3 is 2.35 bits per heavy atom. The lowest BCUT2D eigenvalue weighted by Gasteiger charge is -2.05. The molecule has 0 bridgehead atoms. The van der Waals surface area contributed by atoms with Crippen molar-refractivity contribution in [2.45, 2.75) is 5.92 Å². The number of aromatic carboxylic acids is 1. The van der Waals surface area contributed by atoms with Gasteiger partial charge in [-0.2, -0.15) is 0 Å². The quantitative estimate of drug-likeness (QED) is 0.350. The van der Waals surface area contributed by atoms with Gasteiger partial charge >= 0.3 is 5.97 Å². The SMILES string of the molecule is O=CC(C=O)c1ccc(C(=O)O)cc1[N+](=O)[O-]. The molecule has 0 aromatic heterocycles. The molecule has 88 valence electrons. The van der Waals surface area contributed by atoms with Gasteiger partial charge in [0.15, 0.2) is 0 Å². The van der Waals surface area contributed by atoms with Crippen LogP contribution in [-0.4, -0.2) is 28.6 Å². The topological polar surface area (TPSA) is 115 Å². The van der Waals surface area contributed by atoms with Crippen LogP contribution in [-0.2, 0) is 9.59 Å². The van der Waals surface area contributed by atoms with E-state index in [1.807, 2.05) is 0 Å². The highest BCUT2D eigenvalue weighted by Gasteiger charge is 2.23. The standard InChI is InChI=1S/C10H7NO6/c12-4-7(5-13)8-2-1-6(10(14)15)3-9(8)11(16)17/h1-5,7H,(H,14,15). The van der Waals surface area contributed by atoms with Crippen molar-refractivity contribution in [3.8, 4) is 0 Å². The summed E-state index contributed by atoms with van der Waals surface area (Å²) >= 11 is 0. The van der Waals surface area contributed by atoms with Gasteiger partial charge in [0, 0.05) is 11.6 Å². The highest BCUT2D eigenvalue weighted by Crippen LogP contribution is 2.25. The monoisotopic (exact) mass is 237 g/mol. The first-order chi connectivity index (χ1) is 8.01. The number of benzene rings is 1. The van der Waals surface area contributed by atoms with Gasteiger partial charge < -0.3 is 14.7 Å². The molecule has 7 heteroatoms. The maximum Gasteiger partial charge on any atom is 0.335 e. The molecular weight excluding hydrogens is 230 g/mol. The van der Waals surface area contributed by atoms with E-state index in [-0.39, 0.29) is 23.7 Å². The van der Waals surface area contributed by atoms with Gasteiger partial charge in [-0.05, 0) is 6.07 Å². The number of hydrogen-bond donors (Lipinski definition) is 1. The van der Waals surface area contributed by atoms with Gasteiger partial charge in [-0.3, -0.25) is 10.1 Å². The molecule has 0 atom stereocenters. The molecule has 0 unspecified atom stereocenters. The molecule has 0 aliphatic carbocycles. The van der Waals surface area contributed by atoms with Crippen molar-refractivity contribution in [1.82, 2.24) is 0 Å². The summed E-state index contributed by atoms with van der Waals surface area (Å²) in [6.45, 7) is 0. The lowest BCUT2D eigenvalue weighted by Crippen LogP contribution is -2.07. The Morgan fingerprint density at radius 1 is 1.35 bits per heavy atom. The van der Waals surface area contributed by atoms with Crippen LogP contribution in [0.3, 0.4) is 0 Å². The van der Waals surface area contributed by atoms with Crippen LogP contribution in [0.25, 0.3) is 0 Å². The summed E-state index contributed by atoms with van der Waals surface area (Å²) in [6, 6.07) is 3.01. The van der Waals surface area contributed by atoms with Crippen molar-refractivity contribution in [3.05, 3.63) is 39.4 Å². The van der Waals surface area contributed by atoms with E-state index in [0.29, 0.717) is 0 Å². The summed E-state index contributed by atoms with van der Waals surface area (Å²) in [5, 5.41) is 19.4. The number of rotatable bonds is 5. The van der Waals surface area contributed by atoms with Crippen molar-refractivity contribution in [2.24, 2.45) is 0 Å². The number of hydrogen-bond acceptors (Lipinski definition) is 5. The van der Waals surface area contributed by atoms with E-state index in [1.54, 1.807) is 0 Å². The van der Waals surface area contributed by atoms with Crippen LogP contribution in [0.2, 0.25) is 0 Å². The molecule has 0 aliphatic rings. The number of carbonyl (C=O) groups is 3. The first-order valence-electron chi connectivity index (χ1n) is 4.43. The van der Waals surface area contributed by atoms with E-state index in [0.717, 1.165) is 18.2 Å². The fourth-order valence-corrected chi connectivity index (χ4v) is 1.30. The average Bonchev–Trinajstić information content (AvgIpc) is 2.30. The summed E-state index contributed by atoms with van der Waals surface area (Å²) in [5.41, 5.74) is -0.963. The molecule has 1 N–H and O–H groups in total. The maximum atomic E-state index is 10.7. The minimum Gasteiger partial charge on any atom is -0.478 e. The van der Waals surface area contributed by atoms with Crippen LogP contribution < -0.4 is 0 Å². The molecule has 1 aromatic rings. The van der Waals surface area contributed by atoms with Crippen LogP contribution >= 0.6 is 0 Å². The smallest absolute Gasteiger partial charge is 0.335 e.